The van der Waals surface area contributed by atoms with Crippen LogP contribution in [0, 0.1) is 0 Å². The third kappa shape index (κ3) is 4.15. The predicted octanol–water partition coefficient (Wildman–Crippen LogP) is 6.64. The highest BCUT2D eigenvalue weighted by atomic mass is 79.9. The molecule has 0 saturated heterocycles. The van der Waals surface area contributed by atoms with E-state index in [0.717, 1.165) is 11.6 Å². The van der Waals surface area contributed by atoms with E-state index in [4.69, 9.17) is 23.2 Å². The Morgan fingerprint density at radius 2 is 1.76 bits per heavy atom. The van der Waals surface area contributed by atoms with E-state index in [-0.39, 0.29) is 4.47 Å². The molecule has 2 aromatic carbocycles. The Morgan fingerprint density at radius 1 is 1.10 bits per heavy atom. The molecule has 0 amide bonds. The van der Waals surface area contributed by atoms with Gasteiger partial charge in [-0.25, -0.2) is 0 Å². The van der Waals surface area contributed by atoms with Crippen LogP contribution in [0.25, 0.3) is 0 Å². The van der Waals surface area contributed by atoms with Crippen LogP contribution in [0.2, 0.25) is 5.02 Å². The third-order valence-electron chi connectivity index (χ3n) is 3.01. The summed E-state index contributed by atoms with van der Waals surface area (Å²) in [5, 5.41) is -0.0320. The van der Waals surface area contributed by atoms with Crippen molar-refractivity contribution >= 4 is 39.1 Å². The summed E-state index contributed by atoms with van der Waals surface area (Å²) < 4.78 is 38.7. The Balaban J connectivity index is 2.28. The van der Waals surface area contributed by atoms with Gasteiger partial charge in [0.1, 0.15) is 0 Å². The van der Waals surface area contributed by atoms with E-state index in [1.165, 1.54) is 6.07 Å². The van der Waals surface area contributed by atoms with Crippen LogP contribution in [0.1, 0.15) is 22.1 Å². The van der Waals surface area contributed by atoms with E-state index in [0.29, 0.717) is 17.0 Å². The summed E-state index contributed by atoms with van der Waals surface area (Å²) in [7, 11) is 0. The van der Waals surface area contributed by atoms with Crippen molar-refractivity contribution in [3.63, 3.8) is 0 Å². The predicted molar refractivity (Wildman–Crippen MR) is 82.9 cm³/mol. The average molecular weight is 398 g/mol. The molecule has 2 aromatic rings. The highest BCUT2D eigenvalue weighted by molar-refractivity contribution is 9.10. The maximum Gasteiger partial charge on any atom is 0.417 e. The zero-order chi connectivity index (χ0) is 15.6. The number of halogens is 6. The number of hydrogen-bond donors (Lipinski definition) is 0. The van der Waals surface area contributed by atoms with Crippen molar-refractivity contribution in [2.45, 2.75) is 18.0 Å². The van der Waals surface area contributed by atoms with Crippen molar-refractivity contribution in [1.29, 1.82) is 0 Å². The van der Waals surface area contributed by atoms with Crippen molar-refractivity contribution in [3.8, 4) is 0 Å². The van der Waals surface area contributed by atoms with Gasteiger partial charge in [-0.1, -0.05) is 51.8 Å². The van der Waals surface area contributed by atoms with Gasteiger partial charge in [-0.3, -0.25) is 0 Å². The Labute approximate surface area is 139 Å². The average Bonchev–Trinajstić information content (AvgIpc) is 2.40. The Kier molecular flexibility index (Phi) is 5.23. The first-order chi connectivity index (χ1) is 9.79. The van der Waals surface area contributed by atoms with Crippen LogP contribution in [-0.4, -0.2) is 0 Å². The van der Waals surface area contributed by atoms with Gasteiger partial charge < -0.3 is 0 Å². The molecule has 6 heteroatoms. The fraction of sp³-hybridized carbons (Fsp3) is 0.200. The van der Waals surface area contributed by atoms with Crippen molar-refractivity contribution in [2.24, 2.45) is 0 Å². The molecule has 1 unspecified atom stereocenters. The first kappa shape index (κ1) is 16.7. The minimum atomic E-state index is -4.42. The zero-order valence-electron chi connectivity index (χ0n) is 10.6. The molecule has 0 fully saturated rings. The molecule has 21 heavy (non-hydrogen) atoms. The van der Waals surface area contributed by atoms with Crippen LogP contribution in [0.5, 0.6) is 0 Å². The SMILES string of the molecule is FC(F)(F)c1cc(C(Cl)Cc2ccccc2Cl)ccc1Br. The van der Waals surface area contributed by atoms with Gasteiger partial charge in [0, 0.05) is 9.50 Å². The molecule has 0 aliphatic carbocycles. The molecule has 0 heterocycles. The molecular weight excluding hydrogens is 388 g/mol. The maximum absolute atomic E-state index is 12.9. The van der Waals surface area contributed by atoms with Crippen LogP contribution in [0.3, 0.4) is 0 Å². The van der Waals surface area contributed by atoms with Gasteiger partial charge in [-0.15, -0.1) is 11.6 Å². The molecule has 0 aliphatic heterocycles. The fourth-order valence-corrected chi connectivity index (χ4v) is 2.92. The van der Waals surface area contributed by atoms with Gasteiger partial charge in [0.2, 0.25) is 0 Å². The Hall–Kier alpha value is -0.710. The molecule has 0 nitrogen and oxygen atoms in total. The number of benzene rings is 2. The van der Waals surface area contributed by atoms with Crippen LogP contribution in [0.15, 0.2) is 46.9 Å². The molecule has 0 N–H and O–H groups in total. The van der Waals surface area contributed by atoms with Gasteiger partial charge in [-0.05, 0) is 35.7 Å². The quantitative estimate of drug-likeness (QED) is 0.509. The summed E-state index contributed by atoms with van der Waals surface area (Å²) in [5.74, 6) is 0. The smallest absolute Gasteiger partial charge is 0.166 e. The standard InChI is InChI=1S/C15H10BrCl2F3/c16-12-6-5-10(7-11(12)15(19,20)21)14(18)8-9-3-1-2-4-13(9)17/h1-7,14H,8H2. The van der Waals surface area contributed by atoms with Gasteiger partial charge in [-0.2, -0.15) is 13.2 Å². The lowest BCUT2D eigenvalue weighted by Gasteiger charge is -2.15. The van der Waals surface area contributed by atoms with Crippen LogP contribution < -0.4 is 0 Å². The lowest BCUT2D eigenvalue weighted by Crippen LogP contribution is -2.07. The second-order valence-electron chi connectivity index (χ2n) is 4.50. The van der Waals surface area contributed by atoms with Crippen molar-refractivity contribution in [3.05, 3.63) is 68.7 Å². The van der Waals surface area contributed by atoms with E-state index < -0.39 is 17.1 Å². The van der Waals surface area contributed by atoms with Gasteiger partial charge in [0.05, 0.1) is 10.9 Å². The van der Waals surface area contributed by atoms with E-state index in [2.05, 4.69) is 15.9 Å². The Bertz CT molecular complexity index is 641. The summed E-state index contributed by atoms with van der Waals surface area (Å²) in [6, 6.07) is 11.1. The summed E-state index contributed by atoms with van der Waals surface area (Å²) in [6.07, 6.45) is -4.06. The van der Waals surface area contributed by atoms with Crippen molar-refractivity contribution in [1.82, 2.24) is 0 Å². The van der Waals surface area contributed by atoms with E-state index in [1.807, 2.05) is 6.07 Å². The molecule has 0 radical (unpaired) electrons. The number of alkyl halides is 4. The van der Waals surface area contributed by atoms with Crippen LogP contribution in [-0.2, 0) is 12.6 Å². The lowest BCUT2D eigenvalue weighted by atomic mass is 10.0. The van der Waals surface area contributed by atoms with Crippen LogP contribution in [0.4, 0.5) is 13.2 Å². The molecule has 0 saturated carbocycles. The third-order valence-corrected chi connectivity index (χ3v) is 4.48. The van der Waals surface area contributed by atoms with E-state index in [1.54, 1.807) is 24.3 Å². The summed E-state index contributed by atoms with van der Waals surface area (Å²) >= 11 is 15.2. The molecule has 0 aliphatic rings. The highest BCUT2D eigenvalue weighted by Gasteiger charge is 2.33. The number of hydrogen-bond acceptors (Lipinski definition) is 0. The highest BCUT2D eigenvalue weighted by Crippen LogP contribution is 2.38. The zero-order valence-corrected chi connectivity index (χ0v) is 13.7. The minimum Gasteiger partial charge on any atom is -0.166 e. The molecular formula is C15H10BrCl2F3. The van der Waals surface area contributed by atoms with E-state index >= 15 is 0 Å². The van der Waals surface area contributed by atoms with Gasteiger partial charge in [0.25, 0.3) is 0 Å². The maximum atomic E-state index is 12.9. The first-order valence-corrected chi connectivity index (χ1v) is 7.64. The van der Waals surface area contributed by atoms with Crippen molar-refractivity contribution in [2.75, 3.05) is 0 Å². The molecule has 112 valence electrons. The lowest BCUT2D eigenvalue weighted by molar-refractivity contribution is -0.138. The molecule has 0 bridgehead atoms. The fourth-order valence-electron chi connectivity index (χ4n) is 1.93. The molecule has 0 spiro atoms. The second-order valence-corrected chi connectivity index (χ2v) is 6.29. The summed E-state index contributed by atoms with van der Waals surface area (Å²) in [5.41, 5.74) is 0.479. The molecule has 0 aromatic heterocycles. The molecule has 2 rings (SSSR count). The Morgan fingerprint density at radius 3 is 2.38 bits per heavy atom. The largest absolute Gasteiger partial charge is 0.417 e. The first-order valence-electron chi connectivity index (χ1n) is 6.03. The molecule has 1 atom stereocenters. The van der Waals surface area contributed by atoms with Crippen molar-refractivity contribution < 1.29 is 13.2 Å². The normalized spacial score (nSPS) is 13.2. The van der Waals surface area contributed by atoms with E-state index in [9.17, 15) is 13.2 Å². The van der Waals surface area contributed by atoms with Gasteiger partial charge in [0.15, 0.2) is 0 Å². The minimum absolute atomic E-state index is 0.000334. The summed E-state index contributed by atoms with van der Waals surface area (Å²) in [6.45, 7) is 0. The monoisotopic (exact) mass is 396 g/mol. The van der Waals surface area contributed by atoms with Crippen LogP contribution >= 0.6 is 39.1 Å². The summed E-state index contributed by atoms with van der Waals surface area (Å²) in [4.78, 5) is 0. The number of rotatable bonds is 3. The second kappa shape index (κ2) is 6.59. The van der Waals surface area contributed by atoms with Gasteiger partial charge >= 0.3 is 6.18 Å². The topological polar surface area (TPSA) is 0 Å².